The Balaban J connectivity index is 1.81. The number of thioether (sulfide) groups is 1. The van der Waals surface area contributed by atoms with Gasteiger partial charge in [-0.2, -0.15) is 0 Å². The van der Waals surface area contributed by atoms with E-state index in [-0.39, 0.29) is 28.9 Å². The molecule has 8 heteroatoms. The van der Waals surface area contributed by atoms with Crippen LogP contribution in [0, 0.1) is 0 Å². The van der Waals surface area contributed by atoms with Gasteiger partial charge in [0.15, 0.2) is 0 Å². The molecule has 2 aliphatic heterocycles. The fourth-order valence-electron chi connectivity index (χ4n) is 3.38. The van der Waals surface area contributed by atoms with E-state index in [0.29, 0.717) is 23.4 Å². The first-order chi connectivity index (χ1) is 11.8. The third-order valence-corrected chi connectivity index (χ3v) is 6.07. The average molecular weight is 364 g/mol. The molecule has 0 aromatic heterocycles. The Kier molecular flexibility index (Phi) is 4.75. The number of fused-ring (bicyclic) bond motifs is 1. The number of rotatable bonds is 5. The van der Waals surface area contributed by atoms with Crippen LogP contribution in [0.25, 0.3) is 0 Å². The number of hydrogen-bond donors (Lipinski definition) is 2. The minimum atomic E-state index is -1.08. The molecule has 2 amide bonds. The molecular formula is C17H20N2O5S. The van der Waals surface area contributed by atoms with Gasteiger partial charge in [-0.15, -0.1) is 11.8 Å². The summed E-state index contributed by atoms with van der Waals surface area (Å²) in [5.41, 5.74) is 1.12. The largest absolute Gasteiger partial charge is 0.478 e. The molecule has 0 aliphatic carbocycles. The molecule has 2 saturated heterocycles. The predicted octanol–water partition coefficient (Wildman–Crippen LogP) is 1.92. The van der Waals surface area contributed by atoms with Gasteiger partial charge in [0.1, 0.15) is 6.04 Å². The molecule has 2 heterocycles. The topological polar surface area (TPSA) is 95.9 Å². The highest BCUT2D eigenvalue weighted by Crippen LogP contribution is 2.47. The maximum absolute atomic E-state index is 12.7. The van der Waals surface area contributed by atoms with Gasteiger partial charge in [0.2, 0.25) is 11.8 Å². The fraction of sp³-hybridized carbons (Fsp3) is 0.471. The zero-order chi connectivity index (χ0) is 18.2. The number of carboxylic acids is 1. The van der Waals surface area contributed by atoms with Crippen LogP contribution in [-0.4, -0.2) is 51.6 Å². The summed E-state index contributed by atoms with van der Waals surface area (Å²) in [6, 6.07) is 4.06. The van der Waals surface area contributed by atoms with E-state index in [1.54, 1.807) is 22.7 Å². The van der Waals surface area contributed by atoms with Crippen LogP contribution in [-0.2, 0) is 20.9 Å². The predicted molar refractivity (Wildman–Crippen MR) is 93.5 cm³/mol. The molecule has 2 fully saturated rings. The number of carbonyl (C=O) groups is 3. The number of nitrogens with one attached hydrogen (secondary N) is 1. The highest BCUT2D eigenvalue weighted by atomic mass is 32.2. The number of methoxy groups -OCH3 is 1. The number of amides is 2. The summed E-state index contributed by atoms with van der Waals surface area (Å²) in [7, 11) is 1.52. The second kappa shape index (κ2) is 6.68. The van der Waals surface area contributed by atoms with Crippen molar-refractivity contribution in [3.8, 4) is 0 Å². The molecule has 0 radical (unpaired) electrons. The number of ether oxygens (including phenoxy) is 1. The second-order valence-corrected chi connectivity index (χ2v) is 7.91. The molecule has 0 bridgehead atoms. The first-order valence-electron chi connectivity index (χ1n) is 7.97. The Labute approximate surface area is 149 Å². The summed E-state index contributed by atoms with van der Waals surface area (Å²) in [6.45, 7) is 2.23. The van der Waals surface area contributed by atoms with E-state index in [9.17, 15) is 19.5 Å². The van der Waals surface area contributed by atoms with Gasteiger partial charge in [-0.3, -0.25) is 9.59 Å². The zero-order valence-corrected chi connectivity index (χ0v) is 14.9. The number of anilines is 1. The number of hydrogen-bond acceptors (Lipinski definition) is 5. The van der Waals surface area contributed by atoms with Crippen molar-refractivity contribution in [3.05, 3.63) is 29.3 Å². The summed E-state index contributed by atoms with van der Waals surface area (Å²) < 4.78 is 5.04. The summed E-state index contributed by atoms with van der Waals surface area (Å²) in [6.07, 6.45) is 1.20. The van der Waals surface area contributed by atoms with Crippen molar-refractivity contribution in [2.45, 2.75) is 37.3 Å². The molecular weight excluding hydrogens is 344 g/mol. The van der Waals surface area contributed by atoms with Crippen molar-refractivity contribution >= 4 is 35.2 Å². The van der Waals surface area contributed by atoms with Gasteiger partial charge in [-0.1, -0.05) is 0 Å². The minimum absolute atomic E-state index is 0.00740. The van der Waals surface area contributed by atoms with Gasteiger partial charge < -0.3 is 20.1 Å². The third-order valence-electron chi connectivity index (χ3n) is 4.57. The lowest BCUT2D eigenvalue weighted by Gasteiger charge is -2.29. The Morgan fingerprint density at radius 1 is 1.44 bits per heavy atom. The first kappa shape index (κ1) is 17.8. The maximum atomic E-state index is 12.7. The third kappa shape index (κ3) is 3.36. The SMILES string of the molecule is COCc1cc(NC(=O)C2CSC3(C)CCC(=O)N23)cc(C(=O)O)c1. The van der Waals surface area contributed by atoms with Crippen molar-refractivity contribution in [3.63, 3.8) is 0 Å². The number of benzene rings is 1. The molecule has 2 unspecified atom stereocenters. The maximum Gasteiger partial charge on any atom is 0.335 e. The monoisotopic (exact) mass is 364 g/mol. The standard InChI is InChI=1S/C17H20N2O5S/c1-17-4-3-14(20)19(17)13(9-25-17)15(21)18-12-6-10(8-24-2)5-11(7-12)16(22)23/h5-7,13H,3-4,8-9H2,1-2H3,(H,18,21)(H,22,23). The van der Waals surface area contributed by atoms with Crippen molar-refractivity contribution in [1.82, 2.24) is 4.90 Å². The Morgan fingerprint density at radius 3 is 2.88 bits per heavy atom. The lowest BCUT2D eigenvalue weighted by molar-refractivity contribution is -0.135. The van der Waals surface area contributed by atoms with Crippen LogP contribution in [0.15, 0.2) is 18.2 Å². The second-order valence-electron chi connectivity index (χ2n) is 6.41. The lowest BCUT2D eigenvalue weighted by atomic mass is 10.1. The van der Waals surface area contributed by atoms with Crippen LogP contribution < -0.4 is 5.32 Å². The molecule has 3 rings (SSSR count). The van der Waals surface area contributed by atoms with E-state index in [1.807, 2.05) is 6.92 Å². The van der Waals surface area contributed by atoms with Gasteiger partial charge in [0, 0.05) is 25.0 Å². The van der Waals surface area contributed by atoms with Crippen molar-refractivity contribution in [2.75, 3.05) is 18.2 Å². The molecule has 2 aliphatic rings. The molecule has 2 atom stereocenters. The van der Waals surface area contributed by atoms with Crippen LogP contribution in [0.4, 0.5) is 5.69 Å². The van der Waals surface area contributed by atoms with Gasteiger partial charge in [0.25, 0.3) is 0 Å². The van der Waals surface area contributed by atoms with Crippen molar-refractivity contribution in [1.29, 1.82) is 0 Å². The molecule has 0 spiro atoms. The van der Waals surface area contributed by atoms with Crippen LogP contribution >= 0.6 is 11.8 Å². The van der Waals surface area contributed by atoms with Crippen LogP contribution in [0.1, 0.15) is 35.7 Å². The highest BCUT2D eigenvalue weighted by Gasteiger charge is 2.52. The minimum Gasteiger partial charge on any atom is -0.478 e. The normalized spacial score (nSPS) is 25.1. The van der Waals surface area contributed by atoms with Gasteiger partial charge in [-0.05, 0) is 37.1 Å². The van der Waals surface area contributed by atoms with E-state index >= 15 is 0 Å². The van der Waals surface area contributed by atoms with E-state index in [0.717, 1.165) is 6.42 Å². The average Bonchev–Trinajstić information content (AvgIpc) is 3.04. The van der Waals surface area contributed by atoms with Crippen molar-refractivity contribution in [2.24, 2.45) is 0 Å². The number of carboxylic acid groups (broad SMARTS) is 1. The highest BCUT2D eigenvalue weighted by molar-refractivity contribution is 8.01. The van der Waals surface area contributed by atoms with Gasteiger partial charge >= 0.3 is 5.97 Å². The van der Waals surface area contributed by atoms with E-state index < -0.39 is 12.0 Å². The molecule has 1 aromatic carbocycles. The summed E-state index contributed by atoms with van der Waals surface area (Å²) in [4.78, 5) is 37.5. The number of carbonyl (C=O) groups excluding carboxylic acids is 2. The number of nitrogens with zero attached hydrogens (tertiary/aromatic N) is 1. The Bertz CT molecular complexity index is 738. The lowest BCUT2D eigenvalue weighted by Crippen LogP contribution is -2.48. The van der Waals surface area contributed by atoms with E-state index in [4.69, 9.17) is 4.74 Å². The smallest absolute Gasteiger partial charge is 0.335 e. The Morgan fingerprint density at radius 2 is 2.20 bits per heavy atom. The number of aromatic carboxylic acids is 1. The molecule has 1 aromatic rings. The van der Waals surface area contributed by atoms with Crippen LogP contribution in [0.3, 0.4) is 0 Å². The summed E-state index contributed by atoms with van der Waals surface area (Å²) >= 11 is 1.62. The summed E-state index contributed by atoms with van der Waals surface area (Å²) in [5.74, 6) is -0.839. The molecule has 25 heavy (non-hydrogen) atoms. The molecule has 2 N–H and O–H groups in total. The fourth-order valence-corrected chi connectivity index (χ4v) is 4.81. The van der Waals surface area contributed by atoms with Crippen molar-refractivity contribution < 1.29 is 24.2 Å². The Hall–Kier alpha value is -2.06. The zero-order valence-electron chi connectivity index (χ0n) is 14.1. The van der Waals surface area contributed by atoms with Gasteiger partial charge in [-0.25, -0.2) is 4.79 Å². The quantitative estimate of drug-likeness (QED) is 0.829. The van der Waals surface area contributed by atoms with Gasteiger partial charge in [0.05, 0.1) is 17.0 Å². The van der Waals surface area contributed by atoms with E-state index in [1.165, 1.54) is 19.2 Å². The molecule has 7 nitrogen and oxygen atoms in total. The first-order valence-corrected chi connectivity index (χ1v) is 8.96. The van der Waals surface area contributed by atoms with Crippen LogP contribution in [0.2, 0.25) is 0 Å². The van der Waals surface area contributed by atoms with E-state index in [2.05, 4.69) is 5.32 Å². The molecule has 0 saturated carbocycles. The summed E-state index contributed by atoms with van der Waals surface area (Å²) in [5, 5.41) is 12.0. The molecule has 134 valence electrons. The van der Waals surface area contributed by atoms with Crippen LogP contribution in [0.5, 0.6) is 0 Å².